The Morgan fingerprint density at radius 2 is 1.92 bits per heavy atom. The summed E-state index contributed by atoms with van der Waals surface area (Å²) in [5.74, 6) is 1.45. The number of carbonyl (C=O) groups is 1. The highest BCUT2D eigenvalue weighted by atomic mass is 16.5. The van der Waals surface area contributed by atoms with Crippen molar-refractivity contribution in [1.29, 1.82) is 0 Å². The Kier molecular flexibility index (Phi) is 3.77. The van der Waals surface area contributed by atoms with E-state index in [-0.39, 0.29) is 12.0 Å². The maximum absolute atomic E-state index is 12.7. The molecular weight excluding hydrogens is 322 g/mol. The Hall–Kier alpha value is -2.05. The fraction of sp³-hybridized carbons (Fsp3) is 0.526. The van der Waals surface area contributed by atoms with E-state index in [9.17, 15) is 9.90 Å². The molecule has 1 saturated heterocycles. The van der Waals surface area contributed by atoms with Gasteiger partial charge in [-0.05, 0) is 35.3 Å². The predicted octanol–water partition coefficient (Wildman–Crippen LogP) is 1.39. The number of aliphatic hydroxyl groups excluding tert-OH is 1. The van der Waals surface area contributed by atoms with Crippen LogP contribution in [0.2, 0.25) is 0 Å². The van der Waals surface area contributed by atoms with E-state index in [1.54, 1.807) is 27.4 Å². The second kappa shape index (κ2) is 5.75. The molecule has 0 radical (unpaired) electrons. The van der Waals surface area contributed by atoms with E-state index in [0.29, 0.717) is 30.9 Å². The fourth-order valence-electron chi connectivity index (χ4n) is 4.67. The third-order valence-corrected chi connectivity index (χ3v) is 5.85. The van der Waals surface area contributed by atoms with E-state index in [1.807, 2.05) is 17.0 Å². The summed E-state index contributed by atoms with van der Waals surface area (Å²) in [6.07, 6.45) is 2.43. The SMILES string of the molecule is COc1cc2c(cc1OC)[C@]13C[C@H](OC)[C@H](O)C=C1CC(=O)N3CC2. The zero-order valence-corrected chi connectivity index (χ0v) is 14.7. The summed E-state index contributed by atoms with van der Waals surface area (Å²) in [5, 5.41) is 10.3. The molecule has 6 nitrogen and oxygen atoms in total. The van der Waals surface area contributed by atoms with Crippen molar-refractivity contribution in [3.63, 3.8) is 0 Å². The second-order valence-corrected chi connectivity index (χ2v) is 6.86. The normalized spacial score (nSPS) is 30.3. The second-order valence-electron chi connectivity index (χ2n) is 6.86. The average molecular weight is 345 g/mol. The molecule has 0 unspecified atom stereocenters. The van der Waals surface area contributed by atoms with Gasteiger partial charge < -0.3 is 24.2 Å². The first kappa shape index (κ1) is 16.4. The van der Waals surface area contributed by atoms with E-state index in [4.69, 9.17) is 14.2 Å². The Morgan fingerprint density at radius 3 is 2.60 bits per heavy atom. The van der Waals surface area contributed by atoms with Crippen molar-refractivity contribution in [2.75, 3.05) is 27.9 Å². The van der Waals surface area contributed by atoms with E-state index in [1.165, 1.54) is 0 Å². The minimum atomic E-state index is -0.691. The number of fused-ring (bicyclic) bond motifs is 1. The standard InChI is InChI=1S/C19H23NO5/c1-23-15-6-11-4-5-20-18(22)8-12-7-14(21)17(25-3)10-19(12,20)13(11)9-16(15)24-2/h6-7,9,14,17,21H,4-5,8,10H2,1-3H3/t14-,17+,19+/m1/s1. The topological polar surface area (TPSA) is 68.2 Å². The molecule has 1 aromatic carbocycles. The molecule has 25 heavy (non-hydrogen) atoms. The first-order chi connectivity index (χ1) is 12.0. The van der Waals surface area contributed by atoms with E-state index >= 15 is 0 Å². The van der Waals surface area contributed by atoms with Gasteiger partial charge in [-0.15, -0.1) is 0 Å². The summed E-state index contributed by atoms with van der Waals surface area (Å²) in [4.78, 5) is 14.6. The molecule has 3 atom stereocenters. The van der Waals surface area contributed by atoms with E-state index < -0.39 is 11.6 Å². The number of benzene rings is 1. The molecular formula is C19H23NO5. The number of nitrogens with zero attached hydrogens (tertiary/aromatic N) is 1. The highest BCUT2D eigenvalue weighted by Crippen LogP contribution is 2.54. The number of hydrogen-bond donors (Lipinski definition) is 1. The maximum atomic E-state index is 12.7. The number of rotatable bonds is 3. The molecule has 4 rings (SSSR count). The van der Waals surface area contributed by atoms with Crippen LogP contribution in [0.3, 0.4) is 0 Å². The van der Waals surface area contributed by atoms with Crippen LogP contribution in [-0.2, 0) is 21.5 Å². The van der Waals surface area contributed by atoms with Gasteiger partial charge in [0.1, 0.15) is 0 Å². The fourth-order valence-corrected chi connectivity index (χ4v) is 4.67. The number of methoxy groups -OCH3 is 3. The minimum Gasteiger partial charge on any atom is -0.493 e. The molecule has 134 valence electrons. The summed E-state index contributed by atoms with van der Waals surface area (Å²) >= 11 is 0. The van der Waals surface area contributed by atoms with Crippen LogP contribution in [0, 0.1) is 0 Å². The molecule has 0 saturated carbocycles. The van der Waals surface area contributed by atoms with Crippen LogP contribution in [0.4, 0.5) is 0 Å². The average Bonchev–Trinajstić information content (AvgIpc) is 2.91. The molecule has 1 fully saturated rings. The van der Waals surface area contributed by atoms with Crippen molar-refractivity contribution >= 4 is 5.91 Å². The predicted molar refractivity (Wildman–Crippen MR) is 90.8 cm³/mol. The number of amides is 1. The molecule has 0 aromatic heterocycles. The smallest absolute Gasteiger partial charge is 0.227 e. The van der Waals surface area contributed by atoms with E-state index in [0.717, 1.165) is 23.1 Å². The van der Waals surface area contributed by atoms with Crippen molar-refractivity contribution in [2.24, 2.45) is 0 Å². The van der Waals surface area contributed by atoms with Gasteiger partial charge in [0, 0.05) is 20.1 Å². The lowest BCUT2D eigenvalue weighted by atomic mass is 9.70. The zero-order valence-electron chi connectivity index (χ0n) is 14.7. The molecule has 0 bridgehead atoms. The van der Waals surface area contributed by atoms with E-state index in [2.05, 4.69) is 0 Å². The van der Waals surface area contributed by atoms with Crippen molar-refractivity contribution in [2.45, 2.75) is 37.0 Å². The Morgan fingerprint density at radius 1 is 1.20 bits per heavy atom. The summed E-state index contributed by atoms with van der Waals surface area (Å²) < 4.78 is 16.5. The number of carbonyl (C=O) groups excluding carboxylic acids is 1. The quantitative estimate of drug-likeness (QED) is 0.839. The number of aliphatic hydroxyl groups is 1. The first-order valence-electron chi connectivity index (χ1n) is 8.53. The van der Waals surface area contributed by atoms with Crippen LogP contribution in [0.1, 0.15) is 24.0 Å². The molecule has 1 spiro atoms. The molecule has 3 aliphatic rings. The van der Waals surface area contributed by atoms with Gasteiger partial charge in [0.15, 0.2) is 11.5 Å². The lowest BCUT2D eigenvalue weighted by Gasteiger charge is -2.48. The molecule has 1 aromatic rings. The largest absolute Gasteiger partial charge is 0.493 e. The third-order valence-electron chi connectivity index (χ3n) is 5.85. The lowest BCUT2D eigenvalue weighted by molar-refractivity contribution is -0.133. The van der Waals surface area contributed by atoms with Crippen molar-refractivity contribution in [1.82, 2.24) is 4.90 Å². The van der Waals surface area contributed by atoms with Crippen molar-refractivity contribution < 1.29 is 24.1 Å². The van der Waals surface area contributed by atoms with Gasteiger partial charge in [0.2, 0.25) is 5.91 Å². The highest BCUT2D eigenvalue weighted by molar-refractivity contribution is 5.86. The Bertz CT molecular complexity index is 758. The van der Waals surface area contributed by atoms with Gasteiger partial charge in [-0.2, -0.15) is 0 Å². The van der Waals surface area contributed by atoms with Crippen molar-refractivity contribution in [3.05, 3.63) is 34.9 Å². The monoisotopic (exact) mass is 345 g/mol. The van der Waals surface area contributed by atoms with Gasteiger partial charge in [-0.1, -0.05) is 6.08 Å². The summed E-state index contributed by atoms with van der Waals surface area (Å²) in [6, 6.07) is 3.99. The molecule has 1 aliphatic carbocycles. The molecule has 2 aliphatic heterocycles. The summed E-state index contributed by atoms with van der Waals surface area (Å²) in [7, 11) is 4.84. The first-order valence-corrected chi connectivity index (χ1v) is 8.53. The van der Waals surface area contributed by atoms with Crippen LogP contribution >= 0.6 is 0 Å². The zero-order chi connectivity index (χ0) is 17.8. The van der Waals surface area contributed by atoms with Crippen LogP contribution in [0.25, 0.3) is 0 Å². The minimum absolute atomic E-state index is 0.107. The van der Waals surface area contributed by atoms with Crippen molar-refractivity contribution in [3.8, 4) is 11.5 Å². The van der Waals surface area contributed by atoms with Crippen LogP contribution in [-0.4, -0.2) is 56.0 Å². The van der Waals surface area contributed by atoms with Crippen LogP contribution < -0.4 is 9.47 Å². The Balaban J connectivity index is 1.95. The summed E-state index contributed by atoms with van der Waals surface area (Å²) in [5.41, 5.74) is 2.62. The molecule has 1 amide bonds. The Labute approximate surface area is 147 Å². The van der Waals surface area contributed by atoms with Crippen LogP contribution in [0.5, 0.6) is 11.5 Å². The number of hydrogen-bond acceptors (Lipinski definition) is 5. The number of ether oxygens (including phenoxy) is 3. The van der Waals surface area contributed by atoms with Gasteiger partial charge in [0.05, 0.1) is 38.4 Å². The third kappa shape index (κ3) is 2.14. The molecule has 2 heterocycles. The van der Waals surface area contributed by atoms with Crippen LogP contribution in [0.15, 0.2) is 23.8 Å². The molecule has 1 N–H and O–H groups in total. The van der Waals surface area contributed by atoms with Gasteiger partial charge in [-0.25, -0.2) is 0 Å². The van der Waals surface area contributed by atoms with Gasteiger partial charge in [0.25, 0.3) is 0 Å². The molecule has 6 heteroatoms. The summed E-state index contributed by atoms with van der Waals surface area (Å²) in [6.45, 7) is 0.658. The highest BCUT2D eigenvalue weighted by Gasteiger charge is 2.56. The van der Waals surface area contributed by atoms with Gasteiger partial charge >= 0.3 is 0 Å². The maximum Gasteiger partial charge on any atom is 0.227 e. The van der Waals surface area contributed by atoms with Gasteiger partial charge in [-0.3, -0.25) is 4.79 Å². The lowest BCUT2D eigenvalue weighted by Crippen LogP contribution is -2.53.